The number of hydrogen-bond donors (Lipinski definition) is 3. The second-order valence-corrected chi connectivity index (χ2v) is 5.06. The summed E-state index contributed by atoms with van der Waals surface area (Å²) in [7, 11) is 0. The van der Waals surface area contributed by atoms with Gasteiger partial charge in [-0.3, -0.25) is 9.59 Å². The number of aromatic nitrogens is 3. The van der Waals surface area contributed by atoms with E-state index in [-0.39, 0.29) is 23.8 Å². The number of nitrogen functional groups attached to an aromatic ring is 1. The lowest BCUT2D eigenvalue weighted by atomic mass is 10.1. The van der Waals surface area contributed by atoms with Crippen molar-refractivity contribution in [3.8, 4) is 11.3 Å². The van der Waals surface area contributed by atoms with Crippen molar-refractivity contribution in [2.75, 3.05) is 12.3 Å². The van der Waals surface area contributed by atoms with Crippen LogP contribution in [0.5, 0.6) is 0 Å². The Balaban J connectivity index is 1.66. The predicted molar refractivity (Wildman–Crippen MR) is 87.2 cm³/mol. The van der Waals surface area contributed by atoms with E-state index in [0.717, 1.165) is 5.56 Å². The van der Waals surface area contributed by atoms with Crippen LogP contribution in [0.2, 0.25) is 0 Å². The van der Waals surface area contributed by atoms with Gasteiger partial charge in [-0.15, -0.1) is 0 Å². The Morgan fingerprint density at radius 3 is 2.83 bits per heavy atom. The van der Waals surface area contributed by atoms with E-state index < -0.39 is 0 Å². The van der Waals surface area contributed by atoms with Crippen LogP contribution in [0.3, 0.4) is 0 Å². The van der Waals surface area contributed by atoms with Gasteiger partial charge in [0.25, 0.3) is 11.5 Å². The zero-order valence-corrected chi connectivity index (χ0v) is 12.7. The number of benzene rings is 1. The Labute approximate surface area is 136 Å². The smallest absolute Gasteiger partial charge is 0.256 e. The lowest BCUT2D eigenvalue weighted by molar-refractivity contribution is 0.0954. The van der Waals surface area contributed by atoms with E-state index >= 15 is 0 Å². The SMILES string of the molecule is Nc1cc(=O)[nH]c(CCNC(=O)c2cnoc2-c2ccccc2)n1. The van der Waals surface area contributed by atoms with Crippen molar-refractivity contribution in [1.82, 2.24) is 20.4 Å². The van der Waals surface area contributed by atoms with Gasteiger partial charge in [0, 0.05) is 24.6 Å². The summed E-state index contributed by atoms with van der Waals surface area (Å²) in [6.45, 7) is 0.282. The molecule has 1 aromatic carbocycles. The first kappa shape index (κ1) is 15.5. The van der Waals surface area contributed by atoms with Crippen LogP contribution in [0, 0.1) is 0 Å². The molecule has 1 amide bonds. The first-order valence-electron chi connectivity index (χ1n) is 7.27. The van der Waals surface area contributed by atoms with Crippen molar-refractivity contribution >= 4 is 11.7 Å². The van der Waals surface area contributed by atoms with Gasteiger partial charge in [0.05, 0.1) is 6.20 Å². The molecule has 0 radical (unpaired) electrons. The zero-order chi connectivity index (χ0) is 16.9. The van der Waals surface area contributed by atoms with Crippen LogP contribution in [-0.2, 0) is 6.42 Å². The van der Waals surface area contributed by atoms with Crippen LogP contribution in [0.25, 0.3) is 11.3 Å². The molecular formula is C16H15N5O3. The number of nitrogens with one attached hydrogen (secondary N) is 2. The van der Waals surface area contributed by atoms with Crippen molar-refractivity contribution in [2.24, 2.45) is 0 Å². The summed E-state index contributed by atoms with van der Waals surface area (Å²) >= 11 is 0. The summed E-state index contributed by atoms with van der Waals surface area (Å²) in [6, 6.07) is 10.4. The van der Waals surface area contributed by atoms with Crippen molar-refractivity contribution in [3.05, 3.63) is 64.3 Å². The second kappa shape index (κ2) is 6.78. The summed E-state index contributed by atoms with van der Waals surface area (Å²) in [5.74, 6) is 0.643. The van der Waals surface area contributed by atoms with Gasteiger partial charge in [-0.1, -0.05) is 35.5 Å². The number of carbonyl (C=O) groups excluding carboxylic acids is 1. The molecule has 0 bridgehead atoms. The van der Waals surface area contributed by atoms with E-state index in [1.165, 1.54) is 12.3 Å². The standard InChI is InChI=1S/C16H15N5O3/c17-12-8-14(22)21-13(20-12)6-7-18-16(23)11-9-19-24-15(11)10-4-2-1-3-5-10/h1-5,8-9H,6-7H2,(H,18,23)(H3,17,20,21,22). The summed E-state index contributed by atoms with van der Waals surface area (Å²) < 4.78 is 5.18. The van der Waals surface area contributed by atoms with E-state index in [4.69, 9.17) is 10.3 Å². The van der Waals surface area contributed by atoms with Crippen LogP contribution >= 0.6 is 0 Å². The first-order chi connectivity index (χ1) is 11.6. The molecule has 0 spiro atoms. The summed E-state index contributed by atoms with van der Waals surface area (Å²) in [5.41, 5.74) is 6.30. The summed E-state index contributed by atoms with van der Waals surface area (Å²) in [6.07, 6.45) is 1.72. The van der Waals surface area contributed by atoms with E-state index in [0.29, 0.717) is 23.6 Å². The molecule has 3 aromatic rings. The molecule has 0 fully saturated rings. The minimum atomic E-state index is -0.325. The number of anilines is 1. The fraction of sp³-hybridized carbons (Fsp3) is 0.125. The van der Waals surface area contributed by atoms with Crippen molar-refractivity contribution in [1.29, 1.82) is 0 Å². The molecule has 0 aliphatic carbocycles. The minimum absolute atomic E-state index is 0.144. The average molecular weight is 325 g/mol. The highest BCUT2D eigenvalue weighted by Crippen LogP contribution is 2.22. The molecule has 0 saturated carbocycles. The van der Waals surface area contributed by atoms with E-state index in [1.54, 1.807) is 0 Å². The second-order valence-electron chi connectivity index (χ2n) is 5.06. The number of rotatable bonds is 5. The Kier molecular flexibility index (Phi) is 4.37. The molecule has 0 aliphatic heterocycles. The van der Waals surface area contributed by atoms with Crippen molar-refractivity contribution in [3.63, 3.8) is 0 Å². The van der Waals surface area contributed by atoms with Gasteiger partial charge >= 0.3 is 0 Å². The van der Waals surface area contributed by atoms with Gasteiger partial charge < -0.3 is 20.6 Å². The molecule has 4 N–H and O–H groups in total. The number of aromatic amines is 1. The van der Waals surface area contributed by atoms with Gasteiger partial charge in [0.15, 0.2) is 5.76 Å². The Morgan fingerprint density at radius 2 is 2.08 bits per heavy atom. The molecule has 2 aromatic heterocycles. The number of carbonyl (C=O) groups is 1. The van der Waals surface area contributed by atoms with Crippen LogP contribution < -0.4 is 16.6 Å². The highest BCUT2D eigenvalue weighted by molar-refractivity contribution is 5.99. The maximum Gasteiger partial charge on any atom is 0.256 e. The topological polar surface area (TPSA) is 127 Å². The maximum absolute atomic E-state index is 12.3. The van der Waals surface area contributed by atoms with Gasteiger partial charge in [-0.25, -0.2) is 4.98 Å². The molecule has 0 saturated heterocycles. The molecule has 8 nitrogen and oxygen atoms in total. The zero-order valence-electron chi connectivity index (χ0n) is 12.7. The third-order valence-electron chi connectivity index (χ3n) is 3.31. The lowest BCUT2D eigenvalue weighted by Crippen LogP contribution is -2.27. The van der Waals surface area contributed by atoms with Gasteiger partial charge in [-0.2, -0.15) is 0 Å². The van der Waals surface area contributed by atoms with Crippen molar-refractivity contribution < 1.29 is 9.32 Å². The van der Waals surface area contributed by atoms with Crippen LogP contribution in [-0.4, -0.2) is 27.6 Å². The molecular weight excluding hydrogens is 310 g/mol. The third kappa shape index (κ3) is 3.49. The Morgan fingerprint density at radius 1 is 1.29 bits per heavy atom. The quantitative estimate of drug-likeness (QED) is 0.642. The number of nitrogens with zero attached hydrogens (tertiary/aromatic N) is 2. The fourth-order valence-corrected chi connectivity index (χ4v) is 2.24. The third-order valence-corrected chi connectivity index (χ3v) is 3.31. The number of H-pyrrole nitrogens is 1. The minimum Gasteiger partial charge on any atom is -0.383 e. The molecule has 8 heteroatoms. The van der Waals surface area contributed by atoms with Crippen molar-refractivity contribution in [2.45, 2.75) is 6.42 Å². The molecule has 2 heterocycles. The van der Waals surface area contributed by atoms with Crippen LogP contribution in [0.1, 0.15) is 16.2 Å². The maximum atomic E-state index is 12.3. The molecule has 0 unspecified atom stereocenters. The predicted octanol–water partition coefficient (Wildman–Crippen LogP) is 0.980. The summed E-state index contributed by atoms with van der Waals surface area (Å²) in [5, 5.41) is 6.44. The molecule has 24 heavy (non-hydrogen) atoms. The Bertz CT molecular complexity index is 901. The monoisotopic (exact) mass is 325 g/mol. The fourth-order valence-electron chi connectivity index (χ4n) is 2.24. The van der Waals surface area contributed by atoms with Gasteiger partial charge in [-0.05, 0) is 0 Å². The normalized spacial score (nSPS) is 10.5. The lowest BCUT2D eigenvalue weighted by Gasteiger charge is -2.05. The van der Waals surface area contributed by atoms with Crippen LogP contribution in [0.15, 0.2) is 51.9 Å². The highest BCUT2D eigenvalue weighted by Gasteiger charge is 2.17. The van der Waals surface area contributed by atoms with Crippen LogP contribution in [0.4, 0.5) is 5.82 Å². The van der Waals surface area contributed by atoms with Gasteiger partial charge in [0.1, 0.15) is 17.2 Å². The number of nitrogens with two attached hydrogens (primary N) is 1. The average Bonchev–Trinajstić information content (AvgIpc) is 3.04. The summed E-state index contributed by atoms with van der Waals surface area (Å²) in [4.78, 5) is 30.2. The highest BCUT2D eigenvalue weighted by atomic mass is 16.5. The molecule has 0 aliphatic rings. The number of hydrogen-bond acceptors (Lipinski definition) is 6. The molecule has 122 valence electrons. The van der Waals surface area contributed by atoms with E-state index in [2.05, 4.69) is 20.4 Å². The van der Waals surface area contributed by atoms with E-state index in [1.807, 2.05) is 30.3 Å². The van der Waals surface area contributed by atoms with E-state index in [9.17, 15) is 9.59 Å². The van der Waals surface area contributed by atoms with Gasteiger partial charge in [0.2, 0.25) is 0 Å². The number of amides is 1. The Hall–Kier alpha value is -3.42. The molecule has 0 atom stereocenters. The largest absolute Gasteiger partial charge is 0.383 e. The first-order valence-corrected chi connectivity index (χ1v) is 7.27. The molecule has 3 rings (SSSR count).